The highest BCUT2D eigenvalue weighted by molar-refractivity contribution is 7.90. The number of halogens is 2. The molecule has 5 aromatic rings. The summed E-state index contributed by atoms with van der Waals surface area (Å²) < 4.78 is 48.7. The monoisotopic (exact) mass is 580 g/mol. The molecule has 0 saturated heterocycles. The first-order chi connectivity index (χ1) is 19.2. The first-order valence-corrected chi connectivity index (χ1v) is 14.8. The van der Waals surface area contributed by atoms with Gasteiger partial charge >= 0.3 is 0 Å². The summed E-state index contributed by atoms with van der Waals surface area (Å²) in [6.07, 6.45) is 2.68. The minimum atomic E-state index is -3.07. The van der Waals surface area contributed by atoms with Crippen LogP contribution in [0.3, 0.4) is 0 Å². The van der Waals surface area contributed by atoms with Gasteiger partial charge < -0.3 is 19.8 Å². The van der Waals surface area contributed by atoms with E-state index in [0.717, 1.165) is 10.9 Å². The molecule has 0 bridgehead atoms. The molecular formula is C29H26ClFN4O4S. The fraction of sp³-hybridized carbons (Fsp3) is 0.172. The average Bonchev–Trinajstić information content (AvgIpc) is 3.39. The van der Waals surface area contributed by atoms with E-state index in [-0.39, 0.29) is 18.2 Å². The SMILES string of the molecule is CS(=O)(=O)CCNCc1ccc(-c2cc(Nc3ncnc4ccccc34)cc(Cl)c2OCc2cccc(F)c2)o1. The molecule has 0 unspecified atom stereocenters. The topological polar surface area (TPSA) is 106 Å². The van der Waals surface area contributed by atoms with Crippen molar-refractivity contribution in [2.45, 2.75) is 13.2 Å². The van der Waals surface area contributed by atoms with Crippen LogP contribution in [0.25, 0.3) is 22.2 Å². The van der Waals surface area contributed by atoms with E-state index in [1.165, 1.54) is 24.7 Å². The normalized spacial score (nSPS) is 11.6. The summed E-state index contributed by atoms with van der Waals surface area (Å²) >= 11 is 6.74. The maximum absolute atomic E-state index is 13.7. The van der Waals surface area contributed by atoms with Gasteiger partial charge in [-0.05, 0) is 54.1 Å². The number of nitrogens with zero attached hydrogens (tertiary/aromatic N) is 2. The van der Waals surface area contributed by atoms with Gasteiger partial charge in [-0.1, -0.05) is 35.9 Å². The number of para-hydroxylation sites is 1. The Morgan fingerprint density at radius 3 is 2.70 bits per heavy atom. The predicted molar refractivity (Wildman–Crippen MR) is 154 cm³/mol. The lowest BCUT2D eigenvalue weighted by atomic mass is 10.1. The summed E-state index contributed by atoms with van der Waals surface area (Å²) in [6, 6.07) is 20.9. The standard InChI is InChI=1S/C29H26ClFN4O4S/c1-40(36,37)12-11-32-16-22-9-10-27(39-22)24-14-21(35-29-23-7-2-3-8-26(23)33-18-34-29)15-25(30)28(24)38-17-19-5-4-6-20(31)13-19/h2-10,13-15,18,32H,11-12,16-17H2,1H3,(H,33,34,35). The Morgan fingerprint density at radius 1 is 1.02 bits per heavy atom. The first-order valence-electron chi connectivity index (χ1n) is 12.4. The number of aromatic nitrogens is 2. The van der Waals surface area contributed by atoms with E-state index in [1.54, 1.807) is 30.3 Å². The molecule has 206 valence electrons. The Balaban J connectivity index is 1.45. The summed E-state index contributed by atoms with van der Waals surface area (Å²) in [6.45, 7) is 0.733. The third kappa shape index (κ3) is 6.95. The lowest BCUT2D eigenvalue weighted by Gasteiger charge is -2.16. The Labute approximate surface area is 236 Å². The highest BCUT2D eigenvalue weighted by Gasteiger charge is 2.18. The number of fused-ring (bicyclic) bond motifs is 1. The van der Waals surface area contributed by atoms with Crippen molar-refractivity contribution in [3.63, 3.8) is 0 Å². The molecule has 2 N–H and O–H groups in total. The van der Waals surface area contributed by atoms with Crippen molar-refractivity contribution in [2.24, 2.45) is 0 Å². The van der Waals surface area contributed by atoms with E-state index in [4.69, 9.17) is 20.8 Å². The zero-order chi connectivity index (χ0) is 28.1. The van der Waals surface area contributed by atoms with E-state index in [0.29, 0.717) is 58.0 Å². The van der Waals surface area contributed by atoms with Crippen LogP contribution in [0, 0.1) is 5.82 Å². The molecule has 3 aromatic carbocycles. The number of ether oxygens (including phenoxy) is 1. The molecule has 0 aliphatic carbocycles. The van der Waals surface area contributed by atoms with Gasteiger partial charge in [0.15, 0.2) is 0 Å². The minimum absolute atomic E-state index is 0.0275. The molecule has 0 saturated carbocycles. The fourth-order valence-electron chi connectivity index (χ4n) is 4.11. The molecule has 0 amide bonds. The van der Waals surface area contributed by atoms with E-state index in [2.05, 4.69) is 20.6 Å². The van der Waals surface area contributed by atoms with E-state index in [1.807, 2.05) is 30.3 Å². The van der Waals surface area contributed by atoms with Gasteiger partial charge in [-0.15, -0.1) is 0 Å². The van der Waals surface area contributed by atoms with Crippen molar-refractivity contribution in [1.82, 2.24) is 15.3 Å². The third-order valence-corrected chi connectivity index (χ3v) is 7.22. The highest BCUT2D eigenvalue weighted by Crippen LogP contribution is 2.41. The molecule has 5 rings (SSSR count). The first kappa shape index (κ1) is 27.6. The van der Waals surface area contributed by atoms with Gasteiger partial charge in [0.2, 0.25) is 0 Å². The second-order valence-electron chi connectivity index (χ2n) is 9.19. The Morgan fingerprint density at radius 2 is 1.88 bits per heavy atom. The van der Waals surface area contributed by atoms with Crippen molar-refractivity contribution in [3.05, 3.63) is 101 Å². The molecule has 0 radical (unpaired) electrons. The smallest absolute Gasteiger partial charge is 0.149 e. The van der Waals surface area contributed by atoms with Crippen molar-refractivity contribution < 1.29 is 22.0 Å². The van der Waals surface area contributed by atoms with E-state index in [9.17, 15) is 12.8 Å². The third-order valence-electron chi connectivity index (χ3n) is 6.00. The van der Waals surface area contributed by atoms with Gasteiger partial charge in [-0.2, -0.15) is 0 Å². The zero-order valence-corrected chi connectivity index (χ0v) is 23.1. The lowest BCUT2D eigenvalue weighted by Crippen LogP contribution is -2.21. The molecule has 0 atom stereocenters. The molecule has 2 heterocycles. The number of anilines is 2. The predicted octanol–water partition coefficient (Wildman–Crippen LogP) is 6.14. The molecular weight excluding hydrogens is 555 g/mol. The average molecular weight is 581 g/mol. The number of sulfone groups is 1. The van der Waals surface area contributed by atoms with E-state index < -0.39 is 9.84 Å². The van der Waals surface area contributed by atoms with Gasteiger partial charge in [0.1, 0.15) is 51.7 Å². The molecule has 0 aliphatic heterocycles. The number of hydrogen-bond acceptors (Lipinski definition) is 8. The van der Waals surface area contributed by atoms with Gasteiger partial charge in [0.25, 0.3) is 0 Å². The van der Waals surface area contributed by atoms with Crippen molar-refractivity contribution >= 4 is 43.8 Å². The Bertz CT molecular complexity index is 1760. The second kappa shape index (κ2) is 12.0. The van der Waals surface area contributed by atoms with Crippen molar-refractivity contribution in [2.75, 3.05) is 23.9 Å². The van der Waals surface area contributed by atoms with Gasteiger partial charge in [0, 0.05) is 23.9 Å². The van der Waals surface area contributed by atoms with Crippen LogP contribution in [0.15, 0.2) is 83.5 Å². The minimum Gasteiger partial charge on any atom is -0.487 e. The molecule has 0 aliphatic rings. The molecule has 40 heavy (non-hydrogen) atoms. The van der Waals surface area contributed by atoms with Crippen LogP contribution in [-0.4, -0.2) is 36.9 Å². The Kier molecular flexibility index (Phi) is 8.29. The van der Waals surface area contributed by atoms with Crippen LogP contribution < -0.4 is 15.4 Å². The quantitative estimate of drug-likeness (QED) is 0.179. The molecule has 0 fully saturated rings. The van der Waals surface area contributed by atoms with Crippen LogP contribution in [0.2, 0.25) is 5.02 Å². The largest absolute Gasteiger partial charge is 0.487 e. The molecule has 8 nitrogen and oxygen atoms in total. The molecule has 11 heteroatoms. The van der Waals surface area contributed by atoms with E-state index >= 15 is 0 Å². The van der Waals surface area contributed by atoms with Gasteiger partial charge in [0.05, 0.1) is 28.4 Å². The summed E-state index contributed by atoms with van der Waals surface area (Å²) in [5, 5.41) is 7.55. The number of hydrogen-bond donors (Lipinski definition) is 2. The summed E-state index contributed by atoms with van der Waals surface area (Å²) in [4.78, 5) is 8.71. The summed E-state index contributed by atoms with van der Waals surface area (Å²) in [5.41, 5.74) is 2.66. The number of nitrogens with one attached hydrogen (secondary N) is 2. The molecule has 2 aromatic heterocycles. The Hall–Kier alpha value is -3.99. The maximum atomic E-state index is 13.7. The van der Waals surface area contributed by atoms with Crippen LogP contribution in [0.5, 0.6) is 5.75 Å². The van der Waals surface area contributed by atoms with Crippen LogP contribution >= 0.6 is 11.6 Å². The summed E-state index contributed by atoms with van der Waals surface area (Å²) in [7, 11) is -3.07. The number of benzene rings is 3. The van der Waals surface area contributed by atoms with Gasteiger partial charge in [-0.25, -0.2) is 22.8 Å². The van der Waals surface area contributed by atoms with Gasteiger partial charge in [-0.3, -0.25) is 0 Å². The highest BCUT2D eigenvalue weighted by atomic mass is 35.5. The molecule has 0 spiro atoms. The van der Waals surface area contributed by atoms with Crippen molar-refractivity contribution in [1.29, 1.82) is 0 Å². The number of furan rings is 1. The van der Waals surface area contributed by atoms with Crippen LogP contribution in [0.4, 0.5) is 15.9 Å². The zero-order valence-electron chi connectivity index (χ0n) is 21.5. The fourth-order valence-corrected chi connectivity index (χ4v) is 4.89. The summed E-state index contributed by atoms with van der Waals surface area (Å²) in [5.74, 6) is 1.75. The van der Waals surface area contributed by atoms with Crippen LogP contribution in [0.1, 0.15) is 11.3 Å². The lowest BCUT2D eigenvalue weighted by molar-refractivity contribution is 0.306. The maximum Gasteiger partial charge on any atom is 0.149 e. The van der Waals surface area contributed by atoms with Crippen molar-refractivity contribution in [3.8, 4) is 17.1 Å². The second-order valence-corrected chi connectivity index (χ2v) is 11.9. The number of rotatable bonds is 11. The van der Waals surface area contributed by atoms with Crippen LogP contribution in [-0.2, 0) is 23.0 Å².